The Bertz CT molecular complexity index is 1360. The molecule has 0 aliphatic heterocycles. The molecule has 0 fully saturated rings. The second-order valence-corrected chi connectivity index (χ2v) is 8.66. The Morgan fingerprint density at radius 2 is 1.88 bits per heavy atom. The summed E-state index contributed by atoms with van der Waals surface area (Å²) >= 11 is 0. The molecule has 0 saturated carbocycles. The molecule has 2 aromatic heterocycles. The number of rotatable bonds is 4. The first-order chi connectivity index (χ1) is 15.0. The number of hydrogen-bond acceptors (Lipinski definition) is 6. The lowest BCUT2D eigenvalue weighted by Crippen LogP contribution is -2.15. The number of anilines is 1. The number of carbonyl (C=O) groups excluding carboxylic acids is 1. The van der Waals surface area contributed by atoms with Crippen LogP contribution in [0.5, 0.6) is 0 Å². The lowest BCUT2D eigenvalue weighted by molar-refractivity contribution is 0.0690. The second-order valence-electron chi connectivity index (χ2n) is 8.66. The summed E-state index contributed by atoms with van der Waals surface area (Å²) < 4.78 is 7.08. The van der Waals surface area contributed by atoms with Crippen LogP contribution in [-0.2, 0) is 5.41 Å². The van der Waals surface area contributed by atoms with E-state index in [2.05, 4.69) is 41.4 Å². The highest BCUT2D eigenvalue weighted by atomic mass is 16.4. The van der Waals surface area contributed by atoms with E-state index in [9.17, 15) is 9.59 Å². The molecule has 9 heteroatoms. The van der Waals surface area contributed by atoms with E-state index in [1.54, 1.807) is 25.1 Å². The number of fused-ring (bicyclic) bond motifs is 1. The molecule has 9 nitrogen and oxygen atoms in total. The molecule has 0 radical (unpaired) electrons. The van der Waals surface area contributed by atoms with Crippen molar-refractivity contribution in [2.24, 2.45) is 0 Å². The third-order valence-electron chi connectivity index (χ3n) is 5.14. The molecular formula is C23H23N5O4. The average Bonchev–Trinajstić information content (AvgIpc) is 3.34. The molecule has 2 N–H and O–H groups in total. The van der Waals surface area contributed by atoms with Crippen molar-refractivity contribution in [2.45, 2.75) is 40.0 Å². The number of hydrogen-bond donors (Lipinski definition) is 2. The van der Waals surface area contributed by atoms with Crippen LogP contribution < -0.4 is 5.32 Å². The number of aromatic carboxylic acids is 1. The minimum absolute atomic E-state index is 0.146. The molecule has 32 heavy (non-hydrogen) atoms. The zero-order valence-electron chi connectivity index (χ0n) is 18.4. The first-order valence-corrected chi connectivity index (χ1v) is 10.0. The Kier molecular flexibility index (Phi) is 5.04. The molecule has 0 spiro atoms. The van der Waals surface area contributed by atoms with E-state index < -0.39 is 5.97 Å². The summed E-state index contributed by atoms with van der Waals surface area (Å²) in [4.78, 5) is 28.7. The Labute approximate surface area is 184 Å². The van der Waals surface area contributed by atoms with Gasteiger partial charge in [0.2, 0.25) is 0 Å². The van der Waals surface area contributed by atoms with Gasteiger partial charge in [-0.1, -0.05) is 32.1 Å². The highest BCUT2D eigenvalue weighted by Crippen LogP contribution is 2.32. The standard InChI is InChI=1S/C23H23N5O4/c1-12-6-7-14(8-19(12)28-11-18(22(30)31)26-27-28)21(29)25-17-10-15(23(3,4)5)9-16-20(17)32-13(2)24-16/h6-11H,1-5H3,(H,25,29)(H,30,31). The zero-order chi connectivity index (χ0) is 23.2. The smallest absolute Gasteiger partial charge is 0.358 e. The van der Waals surface area contributed by atoms with Crippen molar-refractivity contribution in [1.82, 2.24) is 20.0 Å². The van der Waals surface area contributed by atoms with E-state index in [-0.39, 0.29) is 17.0 Å². The van der Waals surface area contributed by atoms with Crippen LogP contribution >= 0.6 is 0 Å². The van der Waals surface area contributed by atoms with Crippen LogP contribution in [0.25, 0.3) is 16.8 Å². The van der Waals surface area contributed by atoms with Gasteiger partial charge in [-0.05, 0) is 47.7 Å². The van der Waals surface area contributed by atoms with Gasteiger partial charge in [0.15, 0.2) is 17.2 Å². The average molecular weight is 433 g/mol. The first kappa shape index (κ1) is 21.2. The van der Waals surface area contributed by atoms with Crippen LogP contribution in [-0.4, -0.2) is 37.0 Å². The SMILES string of the molecule is Cc1nc2cc(C(C)(C)C)cc(NC(=O)c3ccc(C)c(-n4cc(C(=O)O)nn4)c3)c2o1. The summed E-state index contributed by atoms with van der Waals surface area (Å²) in [6.45, 7) is 9.86. The van der Waals surface area contributed by atoms with Crippen LogP contribution in [0.4, 0.5) is 5.69 Å². The molecule has 4 rings (SSSR count). The van der Waals surface area contributed by atoms with Crippen LogP contribution in [0.3, 0.4) is 0 Å². The molecule has 1 amide bonds. The van der Waals surface area contributed by atoms with Crippen LogP contribution in [0.15, 0.2) is 40.9 Å². The van der Waals surface area contributed by atoms with Gasteiger partial charge < -0.3 is 14.8 Å². The molecule has 2 heterocycles. The highest BCUT2D eigenvalue weighted by molar-refractivity contribution is 6.08. The molecule has 164 valence electrons. The molecule has 2 aromatic carbocycles. The van der Waals surface area contributed by atoms with Crippen molar-refractivity contribution in [3.8, 4) is 5.69 Å². The van der Waals surface area contributed by atoms with Crippen LogP contribution in [0, 0.1) is 13.8 Å². The van der Waals surface area contributed by atoms with Crippen LogP contribution in [0.1, 0.15) is 58.6 Å². The van der Waals surface area contributed by atoms with E-state index in [0.717, 1.165) is 11.1 Å². The fourth-order valence-electron chi connectivity index (χ4n) is 3.34. The zero-order valence-corrected chi connectivity index (χ0v) is 18.4. The summed E-state index contributed by atoms with van der Waals surface area (Å²) in [5.41, 5.74) is 4.17. The van der Waals surface area contributed by atoms with E-state index in [0.29, 0.717) is 33.9 Å². The fraction of sp³-hybridized carbons (Fsp3) is 0.261. The van der Waals surface area contributed by atoms with Gasteiger partial charge in [-0.25, -0.2) is 14.5 Å². The number of benzene rings is 2. The largest absolute Gasteiger partial charge is 0.476 e. The number of carboxylic acids is 1. The maximum atomic E-state index is 13.1. The Morgan fingerprint density at radius 1 is 1.12 bits per heavy atom. The number of aromatic nitrogens is 4. The van der Waals surface area contributed by atoms with E-state index in [1.807, 2.05) is 19.1 Å². The van der Waals surface area contributed by atoms with E-state index in [4.69, 9.17) is 9.52 Å². The second kappa shape index (κ2) is 7.60. The number of aryl methyl sites for hydroxylation is 2. The van der Waals surface area contributed by atoms with Gasteiger partial charge in [-0.15, -0.1) is 5.10 Å². The van der Waals surface area contributed by atoms with Crippen molar-refractivity contribution < 1.29 is 19.1 Å². The number of oxazole rings is 1. The summed E-state index contributed by atoms with van der Waals surface area (Å²) in [5.74, 6) is -1.00. The van der Waals surface area contributed by atoms with Crippen LogP contribution in [0.2, 0.25) is 0 Å². The molecule has 0 saturated heterocycles. The monoisotopic (exact) mass is 433 g/mol. The van der Waals surface area contributed by atoms with Crippen molar-refractivity contribution in [2.75, 3.05) is 5.32 Å². The topological polar surface area (TPSA) is 123 Å². The highest BCUT2D eigenvalue weighted by Gasteiger charge is 2.21. The molecule has 0 unspecified atom stereocenters. The van der Waals surface area contributed by atoms with Gasteiger partial charge in [0, 0.05) is 12.5 Å². The maximum Gasteiger partial charge on any atom is 0.358 e. The Morgan fingerprint density at radius 3 is 2.53 bits per heavy atom. The summed E-state index contributed by atoms with van der Waals surface area (Å²) in [6.07, 6.45) is 1.31. The molecule has 0 atom stereocenters. The number of amides is 1. The summed E-state index contributed by atoms with van der Waals surface area (Å²) in [6, 6.07) is 8.97. The Hall–Kier alpha value is -4.01. The van der Waals surface area contributed by atoms with Gasteiger partial charge in [0.25, 0.3) is 5.91 Å². The number of carboxylic acid groups (broad SMARTS) is 1. The molecule has 4 aromatic rings. The van der Waals surface area contributed by atoms with Crippen molar-refractivity contribution >= 4 is 28.7 Å². The van der Waals surface area contributed by atoms with Crippen molar-refractivity contribution in [3.63, 3.8) is 0 Å². The number of carbonyl (C=O) groups is 2. The van der Waals surface area contributed by atoms with Gasteiger partial charge in [-0.3, -0.25) is 4.79 Å². The molecule has 0 bridgehead atoms. The predicted molar refractivity (Wildman–Crippen MR) is 118 cm³/mol. The molecular weight excluding hydrogens is 410 g/mol. The quantitative estimate of drug-likeness (QED) is 0.492. The van der Waals surface area contributed by atoms with Gasteiger partial charge in [-0.2, -0.15) is 0 Å². The lowest BCUT2D eigenvalue weighted by atomic mass is 9.86. The maximum absolute atomic E-state index is 13.1. The van der Waals surface area contributed by atoms with Gasteiger partial charge in [0.1, 0.15) is 5.52 Å². The van der Waals surface area contributed by atoms with Gasteiger partial charge in [0.05, 0.1) is 17.6 Å². The minimum atomic E-state index is -1.17. The van der Waals surface area contributed by atoms with Gasteiger partial charge >= 0.3 is 5.97 Å². The Balaban J connectivity index is 1.72. The number of nitrogens with zero attached hydrogens (tertiary/aromatic N) is 4. The summed E-state index contributed by atoms with van der Waals surface area (Å²) in [7, 11) is 0. The summed E-state index contributed by atoms with van der Waals surface area (Å²) in [5, 5.41) is 19.5. The minimum Gasteiger partial charge on any atom is -0.476 e. The first-order valence-electron chi connectivity index (χ1n) is 10.0. The third kappa shape index (κ3) is 3.96. The molecule has 0 aliphatic carbocycles. The fourth-order valence-corrected chi connectivity index (χ4v) is 3.34. The normalized spacial score (nSPS) is 11.7. The third-order valence-corrected chi connectivity index (χ3v) is 5.14. The predicted octanol–water partition coefficient (Wildman–Crippen LogP) is 4.27. The van der Waals surface area contributed by atoms with Crippen molar-refractivity contribution in [1.29, 1.82) is 0 Å². The van der Waals surface area contributed by atoms with Crippen molar-refractivity contribution in [3.05, 3.63) is 64.8 Å². The number of nitrogens with one attached hydrogen (secondary N) is 1. The molecule has 0 aliphatic rings. The van der Waals surface area contributed by atoms with E-state index in [1.165, 1.54) is 10.9 Å². The van der Waals surface area contributed by atoms with E-state index >= 15 is 0 Å². The lowest BCUT2D eigenvalue weighted by Gasteiger charge is -2.20.